The SMILES string of the molecule is CCN(CC)S(=O)(=O)c1ccc(CCNCc2cccc([N+](=O)[O-])c2)s1. The van der Waals surface area contributed by atoms with Crippen molar-refractivity contribution in [2.24, 2.45) is 0 Å². The summed E-state index contributed by atoms with van der Waals surface area (Å²) in [4.78, 5) is 11.4. The van der Waals surface area contributed by atoms with E-state index in [2.05, 4.69) is 5.32 Å². The Balaban J connectivity index is 1.89. The molecular formula is C17H23N3O4S2. The molecule has 0 aliphatic heterocycles. The van der Waals surface area contributed by atoms with Gasteiger partial charge in [-0.05, 0) is 24.1 Å². The molecule has 0 bridgehead atoms. The zero-order valence-electron chi connectivity index (χ0n) is 14.8. The molecule has 0 atom stereocenters. The van der Waals surface area contributed by atoms with Gasteiger partial charge in [-0.15, -0.1) is 11.3 Å². The minimum absolute atomic E-state index is 0.0776. The monoisotopic (exact) mass is 397 g/mol. The van der Waals surface area contributed by atoms with E-state index in [1.54, 1.807) is 18.2 Å². The molecule has 142 valence electrons. The normalized spacial score (nSPS) is 11.8. The molecule has 0 spiro atoms. The fraction of sp³-hybridized carbons (Fsp3) is 0.412. The summed E-state index contributed by atoms with van der Waals surface area (Å²) in [6.45, 7) is 5.75. The van der Waals surface area contributed by atoms with Gasteiger partial charge in [-0.3, -0.25) is 10.1 Å². The van der Waals surface area contributed by atoms with Crippen LogP contribution in [0.5, 0.6) is 0 Å². The summed E-state index contributed by atoms with van der Waals surface area (Å²) in [7, 11) is -3.40. The quantitative estimate of drug-likeness (QED) is 0.378. The Morgan fingerprint density at radius 1 is 1.19 bits per heavy atom. The third kappa shape index (κ3) is 5.10. The predicted octanol–water partition coefficient (Wildman–Crippen LogP) is 3.02. The largest absolute Gasteiger partial charge is 0.312 e. The Kier molecular flexibility index (Phi) is 7.27. The van der Waals surface area contributed by atoms with Gasteiger partial charge in [0.1, 0.15) is 4.21 Å². The van der Waals surface area contributed by atoms with Crippen LogP contribution >= 0.6 is 11.3 Å². The van der Waals surface area contributed by atoms with Crippen molar-refractivity contribution in [2.75, 3.05) is 19.6 Å². The first-order valence-electron chi connectivity index (χ1n) is 8.41. The molecule has 26 heavy (non-hydrogen) atoms. The molecule has 0 aliphatic carbocycles. The van der Waals surface area contributed by atoms with Gasteiger partial charge in [-0.2, -0.15) is 4.31 Å². The van der Waals surface area contributed by atoms with Crippen molar-refractivity contribution >= 4 is 27.0 Å². The van der Waals surface area contributed by atoms with Crippen molar-refractivity contribution < 1.29 is 13.3 Å². The van der Waals surface area contributed by atoms with Gasteiger partial charge in [-0.1, -0.05) is 26.0 Å². The zero-order chi connectivity index (χ0) is 19.2. The molecule has 0 saturated heterocycles. The van der Waals surface area contributed by atoms with Gasteiger partial charge < -0.3 is 5.32 Å². The average Bonchev–Trinajstić information content (AvgIpc) is 3.09. The first-order valence-corrected chi connectivity index (χ1v) is 10.7. The lowest BCUT2D eigenvalue weighted by Crippen LogP contribution is -2.29. The highest BCUT2D eigenvalue weighted by Gasteiger charge is 2.23. The average molecular weight is 398 g/mol. The lowest BCUT2D eigenvalue weighted by Gasteiger charge is -2.16. The van der Waals surface area contributed by atoms with E-state index in [0.717, 1.165) is 10.4 Å². The van der Waals surface area contributed by atoms with Crippen molar-refractivity contribution in [3.05, 3.63) is 57.0 Å². The van der Waals surface area contributed by atoms with E-state index in [1.807, 2.05) is 26.0 Å². The van der Waals surface area contributed by atoms with Crippen LogP contribution in [0.4, 0.5) is 5.69 Å². The van der Waals surface area contributed by atoms with Crippen LogP contribution in [0.2, 0.25) is 0 Å². The second kappa shape index (κ2) is 9.22. The second-order valence-corrected chi connectivity index (χ2v) is 9.00. The number of nitrogens with zero attached hydrogens (tertiary/aromatic N) is 2. The molecule has 0 fully saturated rings. The Morgan fingerprint density at radius 3 is 2.58 bits per heavy atom. The number of benzene rings is 1. The van der Waals surface area contributed by atoms with Crippen molar-refractivity contribution in [3.63, 3.8) is 0 Å². The highest BCUT2D eigenvalue weighted by Crippen LogP contribution is 2.25. The Labute approximate surface area is 157 Å². The summed E-state index contributed by atoms with van der Waals surface area (Å²) < 4.78 is 26.8. The van der Waals surface area contributed by atoms with Crippen molar-refractivity contribution in [3.8, 4) is 0 Å². The van der Waals surface area contributed by atoms with Crippen LogP contribution in [0.25, 0.3) is 0 Å². The lowest BCUT2D eigenvalue weighted by atomic mass is 10.2. The fourth-order valence-corrected chi connectivity index (χ4v) is 5.51. The molecule has 2 rings (SSSR count). The van der Waals surface area contributed by atoms with Crippen molar-refractivity contribution in [1.29, 1.82) is 0 Å². The third-order valence-electron chi connectivity index (χ3n) is 3.94. The topological polar surface area (TPSA) is 92.6 Å². The van der Waals surface area contributed by atoms with Gasteiger partial charge in [0.15, 0.2) is 0 Å². The molecule has 2 aromatic rings. The van der Waals surface area contributed by atoms with Crippen molar-refractivity contribution in [1.82, 2.24) is 9.62 Å². The molecule has 1 heterocycles. The van der Waals surface area contributed by atoms with E-state index in [1.165, 1.54) is 21.7 Å². The summed E-state index contributed by atoms with van der Waals surface area (Å²) in [5.41, 5.74) is 0.920. The number of hydrogen-bond donors (Lipinski definition) is 1. The van der Waals surface area contributed by atoms with E-state index < -0.39 is 14.9 Å². The van der Waals surface area contributed by atoms with E-state index in [4.69, 9.17) is 0 Å². The van der Waals surface area contributed by atoms with Crippen LogP contribution in [-0.2, 0) is 23.0 Å². The molecule has 9 heteroatoms. The minimum Gasteiger partial charge on any atom is -0.312 e. The first kappa shape index (κ1) is 20.5. The van der Waals surface area contributed by atoms with Gasteiger partial charge in [0.25, 0.3) is 15.7 Å². The molecule has 1 aromatic carbocycles. The summed E-state index contributed by atoms with van der Waals surface area (Å²) >= 11 is 1.29. The van der Waals surface area contributed by atoms with Gasteiger partial charge in [0.05, 0.1) is 4.92 Å². The highest BCUT2D eigenvalue weighted by molar-refractivity contribution is 7.91. The maximum absolute atomic E-state index is 12.5. The molecule has 1 N–H and O–H groups in total. The van der Waals surface area contributed by atoms with Gasteiger partial charge >= 0.3 is 0 Å². The zero-order valence-corrected chi connectivity index (χ0v) is 16.5. The predicted molar refractivity (Wildman–Crippen MR) is 103 cm³/mol. The lowest BCUT2D eigenvalue weighted by molar-refractivity contribution is -0.384. The number of thiophene rings is 1. The Morgan fingerprint density at radius 2 is 1.92 bits per heavy atom. The Bertz CT molecular complexity index is 845. The number of rotatable bonds is 10. The fourth-order valence-electron chi connectivity index (χ4n) is 2.55. The molecule has 7 nitrogen and oxygen atoms in total. The third-order valence-corrected chi connectivity index (χ3v) is 7.60. The molecule has 0 unspecified atom stereocenters. The maximum Gasteiger partial charge on any atom is 0.269 e. The van der Waals surface area contributed by atoms with E-state index in [0.29, 0.717) is 36.8 Å². The van der Waals surface area contributed by atoms with Gasteiger partial charge in [-0.25, -0.2) is 8.42 Å². The maximum atomic E-state index is 12.5. The summed E-state index contributed by atoms with van der Waals surface area (Å²) in [6, 6.07) is 10.0. The van der Waals surface area contributed by atoms with Gasteiger partial charge in [0.2, 0.25) is 0 Å². The number of nitrogens with one attached hydrogen (secondary N) is 1. The molecule has 0 saturated carbocycles. The molecule has 0 aliphatic rings. The summed E-state index contributed by atoms with van der Waals surface area (Å²) in [5.74, 6) is 0. The standard InChI is InChI=1S/C17H23N3O4S2/c1-3-19(4-2)26(23,24)17-9-8-16(25-17)10-11-18-13-14-6-5-7-15(12-14)20(21)22/h5-9,12,18H,3-4,10-11,13H2,1-2H3. The second-order valence-electron chi connectivity index (χ2n) is 5.66. The van der Waals surface area contributed by atoms with Crippen LogP contribution in [0.15, 0.2) is 40.6 Å². The van der Waals surface area contributed by atoms with Gasteiger partial charge in [0, 0.05) is 43.2 Å². The number of nitro benzene ring substituents is 1. The molecule has 0 amide bonds. The molecule has 1 aromatic heterocycles. The van der Waals surface area contributed by atoms with Crippen LogP contribution in [0.3, 0.4) is 0 Å². The molecule has 0 radical (unpaired) electrons. The Hall–Kier alpha value is -1.81. The van der Waals surface area contributed by atoms with Crippen LogP contribution in [0, 0.1) is 10.1 Å². The smallest absolute Gasteiger partial charge is 0.269 e. The van der Waals surface area contributed by atoms with Crippen molar-refractivity contribution in [2.45, 2.75) is 31.0 Å². The number of nitro groups is 1. The highest BCUT2D eigenvalue weighted by atomic mass is 32.2. The number of non-ortho nitro benzene ring substituents is 1. The minimum atomic E-state index is -3.40. The van der Waals surface area contributed by atoms with E-state index >= 15 is 0 Å². The number of sulfonamides is 1. The number of hydrogen-bond acceptors (Lipinski definition) is 6. The summed E-state index contributed by atoms with van der Waals surface area (Å²) in [5, 5.41) is 14.0. The van der Waals surface area contributed by atoms with Crippen LogP contribution in [-0.4, -0.2) is 37.3 Å². The summed E-state index contributed by atoms with van der Waals surface area (Å²) in [6.07, 6.45) is 0.702. The first-order chi connectivity index (χ1) is 12.4. The van der Waals surface area contributed by atoms with Crippen LogP contribution in [0.1, 0.15) is 24.3 Å². The van der Waals surface area contributed by atoms with E-state index in [9.17, 15) is 18.5 Å². The molecular weight excluding hydrogens is 374 g/mol. The van der Waals surface area contributed by atoms with Crippen LogP contribution < -0.4 is 5.32 Å². The van der Waals surface area contributed by atoms with E-state index in [-0.39, 0.29) is 5.69 Å².